The van der Waals surface area contributed by atoms with Gasteiger partial charge in [0.15, 0.2) is 0 Å². The molecule has 3 rings (SSSR count). The Labute approximate surface area is 119 Å². The van der Waals surface area contributed by atoms with Crippen molar-refractivity contribution in [2.75, 3.05) is 5.73 Å². The zero-order valence-corrected chi connectivity index (χ0v) is 12.1. The molecule has 2 aromatic carbocycles. The van der Waals surface area contributed by atoms with Gasteiger partial charge in [-0.25, -0.2) is 4.98 Å². The summed E-state index contributed by atoms with van der Waals surface area (Å²) >= 11 is 0. The smallest absolute Gasteiger partial charge is 0.200 e. The number of nitrogens with two attached hydrogens (primary N) is 1. The molecule has 2 N–H and O–H groups in total. The summed E-state index contributed by atoms with van der Waals surface area (Å²) in [5.41, 5.74) is 11.6. The van der Waals surface area contributed by atoms with Gasteiger partial charge in [-0.3, -0.25) is 0 Å². The average Bonchev–Trinajstić information content (AvgIpc) is 2.74. The van der Waals surface area contributed by atoms with Crippen LogP contribution in [0.4, 0.5) is 5.95 Å². The van der Waals surface area contributed by atoms with Crippen molar-refractivity contribution in [2.45, 2.75) is 19.8 Å². The van der Waals surface area contributed by atoms with Gasteiger partial charge in [0.25, 0.3) is 0 Å². The lowest BCUT2D eigenvalue weighted by molar-refractivity contribution is 0.867. The normalized spacial score (nSPS) is 11.4. The van der Waals surface area contributed by atoms with Gasteiger partial charge in [0.05, 0.1) is 11.0 Å². The van der Waals surface area contributed by atoms with Gasteiger partial charge in [0, 0.05) is 12.6 Å². The molecule has 20 heavy (non-hydrogen) atoms. The minimum Gasteiger partial charge on any atom is -0.369 e. The molecule has 0 saturated heterocycles. The van der Waals surface area contributed by atoms with Gasteiger partial charge < -0.3 is 10.3 Å². The van der Waals surface area contributed by atoms with Crippen molar-refractivity contribution < 1.29 is 0 Å². The number of nitrogens with zero attached hydrogens (tertiary/aromatic N) is 2. The minimum absolute atomic E-state index is 0.517. The third kappa shape index (κ3) is 1.95. The van der Waals surface area contributed by atoms with Crippen molar-refractivity contribution in [1.29, 1.82) is 0 Å². The predicted octanol–water partition coefficient (Wildman–Crippen LogP) is 3.95. The maximum atomic E-state index is 5.93. The molecule has 0 aliphatic carbocycles. The quantitative estimate of drug-likeness (QED) is 0.762. The van der Waals surface area contributed by atoms with Crippen LogP contribution in [0.1, 0.15) is 25.3 Å². The van der Waals surface area contributed by atoms with Crippen LogP contribution in [0.5, 0.6) is 0 Å². The summed E-state index contributed by atoms with van der Waals surface area (Å²) in [7, 11) is 1.94. The fraction of sp³-hybridized carbons (Fsp3) is 0.235. The van der Waals surface area contributed by atoms with Gasteiger partial charge in [-0.05, 0) is 23.1 Å². The van der Waals surface area contributed by atoms with E-state index in [0.29, 0.717) is 11.9 Å². The third-order valence-corrected chi connectivity index (χ3v) is 3.81. The highest BCUT2D eigenvalue weighted by Crippen LogP contribution is 2.30. The second-order valence-electron chi connectivity index (χ2n) is 5.48. The van der Waals surface area contributed by atoms with Crippen LogP contribution in [0.15, 0.2) is 42.5 Å². The third-order valence-electron chi connectivity index (χ3n) is 3.81. The molecule has 102 valence electrons. The largest absolute Gasteiger partial charge is 0.369 e. The molecule has 0 atom stereocenters. The van der Waals surface area contributed by atoms with Crippen molar-refractivity contribution in [3.8, 4) is 11.1 Å². The fourth-order valence-corrected chi connectivity index (χ4v) is 2.53. The molecule has 0 saturated carbocycles. The Bertz CT molecular complexity index is 769. The first kappa shape index (κ1) is 12.7. The first-order valence-corrected chi connectivity index (χ1v) is 6.89. The molecule has 3 heteroatoms. The van der Waals surface area contributed by atoms with Crippen LogP contribution in [-0.4, -0.2) is 9.55 Å². The standard InChI is InChI=1S/C17H19N3/c1-11(2)12-6-4-7-13(10-12)14-8-5-9-15-16(14)19-17(18)20(15)3/h4-11H,1-3H3,(H2,18,19). The summed E-state index contributed by atoms with van der Waals surface area (Å²) in [5, 5.41) is 0. The first-order valence-electron chi connectivity index (χ1n) is 6.89. The monoisotopic (exact) mass is 265 g/mol. The molecule has 0 spiro atoms. The van der Waals surface area contributed by atoms with E-state index < -0.39 is 0 Å². The molecule has 0 unspecified atom stereocenters. The summed E-state index contributed by atoms with van der Waals surface area (Å²) in [6, 6.07) is 14.9. The molecule has 0 bridgehead atoms. The Kier molecular flexibility index (Phi) is 2.97. The molecule has 0 aliphatic rings. The lowest BCUT2D eigenvalue weighted by Gasteiger charge is -2.09. The van der Waals surface area contributed by atoms with Crippen LogP contribution in [0.25, 0.3) is 22.2 Å². The number of benzene rings is 2. The Hall–Kier alpha value is -2.29. The number of rotatable bonds is 2. The van der Waals surface area contributed by atoms with E-state index in [4.69, 9.17) is 5.73 Å². The second kappa shape index (κ2) is 4.67. The molecule has 3 nitrogen and oxygen atoms in total. The number of imidazole rings is 1. The van der Waals surface area contributed by atoms with E-state index in [1.165, 1.54) is 11.1 Å². The number of nitrogen functional groups attached to an aromatic ring is 1. The van der Waals surface area contributed by atoms with E-state index in [-0.39, 0.29) is 0 Å². The first-order chi connectivity index (χ1) is 9.58. The minimum atomic E-state index is 0.517. The highest BCUT2D eigenvalue weighted by Gasteiger charge is 2.11. The molecule has 0 radical (unpaired) electrons. The number of hydrogen-bond acceptors (Lipinski definition) is 2. The van der Waals surface area contributed by atoms with Crippen molar-refractivity contribution in [2.24, 2.45) is 7.05 Å². The van der Waals surface area contributed by atoms with Gasteiger partial charge >= 0.3 is 0 Å². The lowest BCUT2D eigenvalue weighted by Crippen LogP contribution is -1.95. The molecule has 0 aliphatic heterocycles. The van der Waals surface area contributed by atoms with Crippen LogP contribution in [0.3, 0.4) is 0 Å². The summed E-state index contributed by atoms with van der Waals surface area (Å²) in [6.07, 6.45) is 0. The summed E-state index contributed by atoms with van der Waals surface area (Å²) in [6.45, 7) is 4.41. The zero-order chi connectivity index (χ0) is 14.3. The zero-order valence-electron chi connectivity index (χ0n) is 12.1. The van der Waals surface area contributed by atoms with Crippen LogP contribution >= 0.6 is 0 Å². The molecule has 0 amide bonds. The summed E-state index contributed by atoms with van der Waals surface area (Å²) in [4.78, 5) is 4.50. The van der Waals surface area contributed by atoms with Crippen molar-refractivity contribution in [3.05, 3.63) is 48.0 Å². The number of fused-ring (bicyclic) bond motifs is 1. The number of hydrogen-bond donors (Lipinski definition) is 1. The average molecular weight is 265 g/mol. The lowest BCUT2D eigenvalue weighted by atomic mass is 9.97. The molecular weight excluding hydrogens is 246 g/mol. The van der Waals surface area contributed by atoms with Gasteiger partial charge in [-0.2, -0.15) is 0 Å². The molecular formula is C17H19N3. The van der Waals surface area contributed by atoms with E-state index in [9.17, 15) is 0 Å². The number of anilines is 1. The second-order valence-corrected chi connectivity index (χ2v) is 5.48. The van der Waals surface area contributed by atoms with Gasteiger partial charge in [-0.15, -0.1) is 0 Å². The maximum Gasteiger partial charge on any atom is 0.200 e. The van der Waals surface area contributed by atoms with E-state index in [1.807, 2.05) is 11.6 Å². The summed E-state index contributed by atoms with van der Waals surface area (Å²) < 4.78 is 1.92. The van der Waals surface area contributed by atoms with Crippen LogP contribution in [-0.2, 0) is 7.05 Å². The Morgan fingerprint density at radius 1 is 1.10 bits per heavy atom. The maximum absolute atomic E-state index is 5.93. The Balaban J connectivity index is 2.24. The molecule has 0 fully saturated rings. The van der Waals surface area contributed by atoms with E-state index >= 15 is 0 Å². The Morgan fingerprint density at radius 3 is 2.60 bits per heavy atom. The highest BCUT2D eigenvalue weighted by atomic mass is 15.1. The van der Waals surface area contributed by atoms with Crippen LogP contribution in [0, 0.1) is 0 Å². The number of aromatic nitrogens is 2. The number of aryl methyl sites for hydroxylation is 1. The highest BCUT2D eigenvalue weighted by molar-refractivity contribution is 5.93. The van der Waals surface area contributed by atoms with Crippen molar-refractivity contribution in [1.82, 2.24) is 9.55 Å². The topological polar surface area (TPSA) is 43.8 Å². The summed E-state index contributed by atoms with van der Waals surface area (Å²) in [5.74, 6) is 1.07. The SMILES string of the molecule is CC(C)c1cccc(-c2cccc3c2nc(N)n3C)c1. The Morgan fingerprint density at radius 2 is 1.85 bits per heavy atom. The van der Waals surface area contributed by atoms with Crippen LogP contribution in [0.2, 0.25) is 0 Å². The predicted molar refractivity (Wildman–Crippen MR) is 84.7 cm³/mol. The van der Waals surface area contributed by atoms with Gasteiger partial charge in [0.2, 0.25) is 5.95 Å². The van der Waals surface area contributed by atoms with E-state index in [0.717, 1.165) is 16.6 Å². The van der Waals surface area contributed by atoms with E-state index in [2.05, 4.69) is 61.3 Å². The van der Waals surface area contributed by atoms with Gasteiger partial charge in [0.1, 0.15) is 0 Å². The number of para-hydroxylation sites is 1. The van der Waals surface area contributed by atoms with Crippen molar-refractivity contribution >= 4 is 17.0 Å². The molecule has 3 aromatic rings. The van der Waals surface area contributed by atoms with Crippen molar-refractivity contribution in [3.63, 3.8) is 0 Å². The molecule has 1 aromatic heterocycles. The molecule has 1 heterocycles. The van der Waals surface area contributed by atoms with Crippen LogP contribution < -0.4 is 5.73 Å². The fourth-order valence-electron chi connectivity index (χ4n) is 2.53. The van der Waals surface area contributed by atoms with Gasteiger partial charge in [-0.1, -0.05) is 50.2 Å². The van der Waals surface area contributed by atoms with E-state index in [1.54, 1.807) is 0 Å².